The highest BCUT2D eigenvalue weighted by molar-refractivity contribution is 7.90. The lowest BCUT2D eigenvalue weighted by Crippen LogP contribution is -2.41. The molecule has 0 bridgehead atoms. The van der Waals surface area contributed by atoms with Gasteiger partial charge in [0, 0.05) is 18.8 Å². The summed E-state index contributed by atoms with van der Waals surface area (Å²) >= 11 is 0. The molecule has 4 rings (SSSR count). The van der Waals surface area contributed by atoms with Crippen LogP contribution in [0.3, 0.4) is 0 Å². The van der Waals surface area contributed by atoms with Crippen LogP contribution >= 0.6 is 0 Å². The zero-order valence-electron chi connectivity index (χ0n) is 18.9. The Bertz CT molecular complexity index is 1230. The predicted octanol–water partition coefficient (Wildman–Crippen LogP) is 3.24. The molecule has 0 aliphatic carbocycles. The number of carbonyl (C=O) groups excluding carboxylic acids is 1. The van der Waals surface area contributed by atoms with Crippen molar-refractivity contribution in [3.8, 4) is 0 Å². The third kappa shape index (κ3) is 4.37. The highest BCUT2D eigenvalue weighted by Gasteiger charge is 2.39. The molecule has 34 heavy (non-hydrogen) atoms. The largest absolute Gasteiger partial charge is 0.369 e. The Morgan fingerprint density at radius 3 is 2.74 bits per heavy atom. The van der Waals surface area contributed by atoms with E-state index in [0.717, 1.165) is 22.0 Å². The number of amides is 2. The van der Waals surface area contributed by atoms with E-state index in [9.17, 15) is 17.6 Å². The molecule has 8 nitrogen and oxygen atoms in total. The molecular formula is C24H28FN5O3S. The number of benzene rings is 2. The van der Waals surface area contributed by atoms with Crippen LogP contribution in [0.5, 0.6) is 0 Å². The summed E-state index contributed by atoms with van der Waals surface area (Å²) in [4.78, 5) is 18.4. The minimum absolute atomic E-state index is 0.0282. The van der Waals surface area contributed by atoms with E-state index in [1.54, 1.807) is 29.2 Å². The second kappa shape index (κ2) is 9.46. The fourth-order valence-corrected chi connectivity index (χ4v) is 5.98. The van der Waals surface area contributed by atoms with Gasteiger partial charge in [-0.1, -0.05) is 37.3 Å². The molecule has 2 heterocycles. The highest BCUT2D eigenvalue weighted by Crippen LogP contribution is 2.36. The van der Waals surface area contributed by atoms with Gasteiger partial charge in [0.1, 0.15) is 11.1 Å². The molecule has 0 spiro atoms. The van der Waals surface area contributed by atoms with Gasteiger partial charge in [0.15, 0.2) is 0 Å². The Labute approximate surface area is 199 Å². The Hall–Kier alpha value is -3.40. The third-order valence-electron chi connectivity index (χ3n) is 6.08. The number of rotatable bonds is 7. The van der Waals surface area contributed by atoms with E-state index in [-0.39, 0.29) is 24.4 Å². The Kier molecular flexibility index (Phi) is 6.60. The summed E-state index contributed by atoms with van der Waals surface area (Å²) in [7, 11) is -3.97. The molecule has 2 unspecified atom stereocenters. The molecule has 10 heteroatoms. The number of fused-ring (bicyclic) bond motifs is 1. The molecule has 2 atom stereocenters. The Balaban J connectivity index is 1.56. The molecular weight excluding hydrogens is 457 g/mol. The lowest BCUT2D eigenvalue weighted by molar-refractivity contribution is 0.247. The van der Waals surface area contributed by atoms with Crippen LogP contribution in [0.1, 0.15) is 41.3 Å². The highest BCUT2D eigenvalue weighted by atomic mass is 32.2. The van der Waals surface area contributed by atoms with Crippen LogP contribution in [0.25, 0.3) is 0 Å². The minimum Gasteiger partial charge on any atom is -0.369 e. The van der Waals surface area contributed by atoms with E-state index in [1.165, 1.54) is 18.2 Å². The molecule has 2 amide bonds. The number of hydrogen-bond donors (Lipinski definition) is 2. The summed E-state index contributed by atoms with van der Waals surface area (Å²) in [5.74, 6) is -0.492. The van der Waals surface area contributed by atoms with Crippen LogP contribution in [0.4, 0.5) is 14.9 Å². The van der Waals surface area contributed by atoms with Crippen molar-refractivity contribution in [2.24, 2.45) is 10.7 Å². The standard InChI is InChI=1S/C24H28FN5O3S/c1-3-12-27-24(31)29-13-11-17-14-18(7-10-21(17)29)22(4-2)34(32,33)30-15-20(28-23(30)26)16-5-8-19(25)9-6-16/h4-10,14,20,22H,2-3,11-13,15H2,1H3,(H2,26,28)(H,27,31). The number of aliphatic imine (C=N–C) groups is 1. The molecule has 2 aromatic rings. The van der Waals surface area contributed by atoms with Crippen molar-refractivity contribution >= 4 is 27.7 Å². The van der Waals surface area contributed by atoms with Gasteiger partial charge in [-0.3, -0.25) is 4.90 Å². The molecule has 3 N–H and O–H groups in total. The average molecular weight is 486 g/mol. The van der Waals surface area contributed by atoms with Crippen molar-refractivity contribution in [3.63, 3.8) is 0 Å². The molecule has 0 radical (unpaired) electrons. The normalized spacial score (nSPS) is 18.4. The van der Waals surface area contributed by atoms with Crippen molar-refractivity contribution in [2.45, 2.75) is 31.1 Å². The van der Waals surface area contributed by atoms with Gasteiger partial charge >= 0.3 is 6.03 Å². The van der Waals surface area contributed by atoms with Gasteiger partial charge in [-0.05, 0) is 47.7 Å². The maximum atomic E-state index is 13.6. The van der Waals surface area contributed by atoms with E-state index < -0.39 is 21.3 Å². The van der Waals surface area contributed by atoms with Gasteiger partial charge in [-0.2, -0.15) is 0 Å². The number of sulfonamides is 1. The Morgan fingerprint density at radius 2 is 2.06 bits per heavy atom. The van der Waals surface area contributed by atoms with E-state index in [4.69, 9.17) is 5.73 Å². The SMILES string of the molecule is C=CC(c1ccc2c(c1)CCN2C(=O)NCCC)S(=O)(=O)N1CC(c2ccc(F)cc2)N=C1N. The number of hydrogen-bond acceptors (Lipinski definition) is 5. The molecule has 0 fully saturated rings. The first-order valence-electron chi connectivity index (χ1n) is 11.2. The minimum atomic E-state index is -3.97. The van der Waals surface area contributed by atoms with Crippen LogP contribution in [-0.4, -0.2) is 44.3 Å². The zero-order chi connectivity index (χ0) is 24.5. The monoisotopic (exact) mass is 485 g/mol. The van der Waals surface area contributed by atoms with E-state index >= 15 is 0 Å². The summed E-state index contributed by atoms with van der Waals surface area (Å²) in [5, 5.41) is 1.83. The first-order valence-corrected chi connectivity index (χ1v) is 12.7. The summed E-state index contributed by atoms with van der Waals surface area (Å²) in [6, 6.07) is 10.4. The van der Waals surface area contributed by atoms with Gasteiger partial charge in [0.05, 0.1) is 12.6 Å². The zero-order valence-corrected chi connectivity index (χ0v) is 19.8. The number of halogens is 1. The van der Waals surface area contributed by atoms with Crippen molar-refractivity contribution in [2.75, 3.05) is 24.5 Å². The van der Waals surface area contributed by atoms with Crippen molar-refractivity contribution < 1.29 is 17.6 Å². The predicted molar refractivity (Wildman–Crippen MR) is 131 cm³/mol. The van der Waals surface area contributed by atoms with Gasteiger partial charge in [-0.15, -0.1) is 6.58 Å². The van der Waals surface area contributed by atoms with Crippen LogP contribution < -0.4 is 16.0 Å². The van der Waals surface area contributed by atoms with Crippen molar-refractivity contribution in [1.29, 1.82) is 0 Å². The maximum absolute atomic E-state index is 13.6. The van der Waals surface area contributed by atoms with Crippen LogP contribution in [0, 0.1) is 5.82 Å². The van der Waals surface area contributed by atoms with E-state index in [2.05, 4.69) is 16.9 Å². The van der Waals surface area contributed by atoms with Gasteiger partial charge in [0.25, 0.3) is 0 Å². The number of anilines is 1. The smallest absolute Gasteiger partial charge is 0.321 e. The lowest BCUT2D eigenvalue weighted by atomic mass is 10.1. The van der Waals surface area contributed by atoms with Crippen molar-refractivity contribution in [1.82, 2.24) is 9.62 Å². The first-order chi connectivity index (χ1) is 16.3. The van der Waals surface area contributed by atoms with Crippen LogP contribution in [0.15, 0.2) is 60.1 Å². The number of nitrogens with zero attached hydrogens (tertiary/aromatic N) is 3. The summed E-state index contributed by atoms with van der Waals surface area (Å²) < 4.78 is 41.5. The number of guanidine groups is 1. The maximum Gasteiger partial charge on any atom is 0.321 e. The summed E-state index contributed by atoms with van der Waals surface area (Å²) in [6.07, 6.45) is 2.85. The second-order valence-corrected chi connectivity index (χ2v) is 10.3. The van der Waals surface area contributed by atoms with Gasteiger partial charge < -0.3 is 11.1 Å². The fourth-order valence-electron chi connectivity index (χ4n) is 4.32. The molecule has 2 aromatic carbocycles. The van der Waals surface area contributed by atoms with Crippen LogP contribution in [0.2, 0.25) is 0 Å². The van der Waals surface area contributed by atoms with Gasteiger partial charge in [-0.25, -0.2) is 26.9 Å². The third-order valence-corrected chi connectivity index (χ3v) is 8.14. The number of nitrogens with one attached hydrogen (secondary N) is 1. The number of carbonyl (C=O) groups is 1. The van der Waals surface area contributed by atoms with E-state index in [0.29, 0.717) is 30.6 Å². The van der Waals surface area contributed by atoms with Gasteiger partial charge in [0.2, 0.25) is 16.0 Å². The molecule has 2 aliphatic rings. The van der Waals surface area contributed by atoms with Crippen molar-refractivity contribution in [3.05, 3.63) is 77.6 Å². The first kappa shape index (κ1) is 23.7. The van der Waals surface area contributed by atoms with Crippen LogP contribution in [-0.2, 0) is 16.4 Å². The fraction of sp³-hybridized carbons (Fsp3) is 0.333. The average Bonchev–Trinajstić information content (AvgIpc) is 3.42. The molecule has 0 aromatic heterocycles. The second-order valence-electron chi connectivity index (χ2n) is 8.31. The summed E-state index contributed by atoms with van der Waals surface area (Å²) in [6.45, 7) is 6.90. The topological polar surface area (TPSA) is 108 Å². The quantitative estimate of drug-likeness (QED) is 0.587. The molecule has 0 saturated carbocycles. The molecule has 180 valence electrons. The number of nitrogens with two attached hydrogens (primary N) is 1. The lowest BCUT2D eigenvalue weighted by Gasteiger charge is -2.24. The Morgan fingerprint density at radius 1 is 1.32 bits per heavy atom. The molecule has 2 aliphatic heterocycles. The summed E-state index contributed by atoms with van der Waals surface area (Å²) in [5.41, 5.74) is 8.91. The molecule has 0 saturated heterocycles. The number of urea groups is 1. The van der Waals surface area contributed by atoms with E-state index in [1.807, 2.05) is 13.0 Å².